The Morgan fingerprint density at radius 2 is 2.00 bits per heavy atom. The molecule has 0 saturated carbocycles. The molecule has 10 heteroatoms. The van der Waals surface area contributed by atoms with Gasteiger partial charge < -0.3 is 15.0 Å². The van der Waals surface area contributed by atoms with E-state index in [1.54, 1.807) is 13.1 Å². The number of hydrogen-bond acceptors (Lipinski definition) is 7. The highest BCUT2D eigenvalue weighted by Gasteiger charge is 2.31. The Kier molecular flexibility index (Phi) is 6.27. The zero-order chi connectivity index (χ0) is 24.7. The van der Waals surface area contributed by atoms with E-state index in [2.05, 4.69) is 30.3 Å². The van der Waals surface area contributed by atoms with Gasteiger partial charge >= 0.3 is 0 Å². The van der Waals surface area contributed by atoms with Crippen LogP contribution >= 0.6 is 0 Å². The van der Waals surface area contributed by atoms with E-state index in [4.69, 9.17) is 4.74 Å². The van der Waals surface area contributed by atoms with E-state index in [0.717, 1.165) is 61.1 Å². The molecule has 2 atom stereocenters. The molecule has 0 amide bonds. The van der Waals surface area contributed by atoms with Crippen LogP contribution in [0.25, 0.3) is 10.8 Å². The maximum Gasteiger partial charge on any atom is 0.273 e. The molecule has 35 heavy (non-hydrogen) atoms. The summed E-state index contributed by atoms with van der Waals surface area (Å²) >= 11 is 0. The number of nitrogens with zero attached hydrogens (tertiary/aromatic N) is 5. The lowest BCUT2D eigenvalue weighted by Gasteiger charge is -2.44. The molecular formula is C25H29F3N6O. The quantitative estimate of drug-likeness (QED) is 0.578. The standard InChI is InChI=1S/C25H29F3N6O/c1-15(18-5-4-6-21(23(18)26)25(3,27)28)30-24-19-11-22(29-12-20(19)16(2)31-32-24)34-8-7-33-9-10-35-14-17(33)13-34/h4-6,11-12,15,17H,7-10,13-14H2,1-3H3,(H,30,32)/t15-,17+/m1/s1. The molecule has 1 aromatic carbocycles. The molecule has 3 aromatic rings. The molecule has 2 saturated heterocycles. The number of halogens is 3. The second-order valence-electron chi connectivity index (χ2n) is 9.40. The van der Waals surface area contributed by atoms with Gasteiger partial charge in [-0.15, -0.1) is 5.10 Å². The van der Waals surface area contributed by atoms with E-state index in [1.807, 2.05) is 13.0 Å². The Morgan fingerprint density at radius 3 is 2.80 bits per heavy atom. The first kappa shape index (κ1) is 23.7. The van der Waals surface area contributed by atoms with Crippen LogP contribution in [-0.2, 0) is 10.7 Å². The average molecular weight is 487 g/mol. The van der Waals surface area contributed by atoms with E-state index < -0.39 is 23.3 Å². The van der Waals surface area contributed by atoms with Crippen LogP contribution in [-0.4, -0.2) is 65.5 Å². The summed E-state index contributed by atoms with van der Waals surface area (Å²) in [7, 11) is 0. The van der Waals surface area contributed by atoms with Gasteiger partial charge in [0.05, 0.1) is 36.6 Å². The highest BCUT2D eigenvalue weighted by Crippen LogP contribution is 2.34. The first-order valence-corrected chi connectivity index (χ1v) is 11.9. The predicted octanol–water partition coefficient (Wildman–Crippen LogP) is 4.28. The fourth-order valence-corrected chi connectivity index (χ4v) is 4.90. The minimum Gasteiger partial charge on any atom is -0.378 e. The number of pyridine rings is 1. The number of piperazine rings is 1. The third kappa shape index (κ3) is 4.64. The SMILES string of the molecule is Cc1nnc(N[C@H](C)c2cccc(C(C)(F)F)c2F)c2cc(N3CCN4CCOC[C@@H]4C3)ncc12. The number of aromatic nitrogens is 3. The van der Waals surface area contributed by atoms with Crippen LogP contribution in [0, 0.1) is 12.7 Å². The number of ether oxygens (including phenoxy) is 1. The Bertz CT molecular complexity index is 1230. The van der Waals surface area contributed by atoms with Crippen molar-refractivity contribution in [1.82, 2.24) is 20.1 Å². The van der Waals surface area contributed by atoms with Crippen LogP contribution < -0.4 is 10.2 Å². The van der Waals surface area contributed by atoms with Crippen molar-refractivity contribution < 1.29 is 17.9 Å². The summed E-state index contributed by atoms with van der Waals surface area (Å²) in [6, 6.07) is 5.75. The highest BCUT2D eigenvalue weighted by molar-refractivity contribution is 5.94. The highest BCUT2D eigenvalue weighted by atomic mass is 19.3. The number of fused-ring (bicyclic) bond motifs is 2. The molecule has 0 radical (unpaired) electrons. The number of rotatable bonds is 5. The van der Waals surface area contributed by atoms with Crippen molar-refractivity contribution in [1.29, 1.82) is 0 Å². The zero-order valence-corrected chi connectivity index (χ0v) is 20.1. The first-order valence-electron chi connectivity index (χ1n) is 11.9. The van der Waals surface area contributed by atoms with Crippen molar-refractivity contribution in [3.63, 3.8) is 0 Å². The number of nitrogens with one attached hydrogen (secondary N) is 1. The van der Waals surface area contributed by atoms with E-state index in [9.17, 15) is 13.2 Å². The maximum absolute atomic E-state index is 15.0. The van der Waals surface area contributed by atoms with Crippen molar-refractivity contribution in [2.45, 2.75) is 38.8 Å². The molecule has 2 aliphatic rings. The molecule has 4 heterocycles. The molecule has 2 aromatic heterocycles. The minimum absolute atomic E-state index is 0.141. The lowest BCUT2D eigenvalue weighted by atomic mass is 10.0. The number of alkyl halides is 2. The fraction of sp³-hybridized carbons (Fsp3) is 0.480. The summed E-state index contributed by atoms with van der Waals surface area (Å²) in [5, 5.41) is 13.4. The number of anilines is 2. The fourth-order valence-electron chi connectivity index (χ4n) is 4.90. The van der Waals surface area contributed by atoms with Gasteiger partial charge in [-0.05, 0) is 19.9 Å². The molecule has 0 aliphatic carbocycles. The summed E-state index contributed by atoms with van der Waals surface area (Å²) in [6.45, 7) is 9.32. The lowest BCUT2D eigenvalue weighted by molar-refractivity contribution is -0.0117. The lowest BCUT2D eigenvalue weighted by Crippen LogP contribution is -2.58. The van der Waals surface area contributed by atoms with Crippen molar-refractivity contribution >= 4 is 22.4 Å². The summed E-state index contributed by atoms with van der Waals surface area (Å²) < 4.78 is 48.3. The van der Waals surface area contributed by atoms with Crippen LogP contribution in [0.15, 0.2) is 30.5 Å². The van der Waals surface area contributed by atoms with E-state index in [-0.39, 0.29) is 5.56 Å². The summed E-state index contributed by atoms with van der Waals surface area (Å²) in [5.74, 6) is -2.91. The number of aryl methyl sites for hydroxylation is 1. The molecular weight excluding hydrogens is 457 g/mol. The van der Waals surface area contributed by atoms with E-state index in [1.165, 1.54) is 12.1 Å². The van der Waals surface area contributed by atoms with Crippen molar-refractivity contribution in [3.05, 3.63) is 53.1 Å². The van der Waals surface area contributed by atoms with Gasteiger partial charge in [0.15, 0.2) is 5.82 Å². The van der Waals surface area contributed by atoms with Crippen LogP contribution in [0.5, 0.6) is 0 Å². The molecule has 7 nitrogen and oxygen atoms in total. The van der Waals surface area contributed by atoms with Gasteiger partial charge in [0, 0.05) is 55.6 Å². The van der Waals surface area contributed by atoms with Gasteiger partial charge in [-0.25, -0.2) is 18.2 Å². The Balaban J connectivity index is 1.45. The number of benzene rings is 1. The molecule has 0 bridgehead atoms. The van der Waals surface area contributed by atoms with Gasteiger partial charge in [0.2, 0.25) is 0 Å². The van der Waals surface area contributed by atoms with Crippen LogP contribution in [0.3, 0.4) is 0 Å². The Morgan fingerprint density at radius 1 is 1.17 bits per heavy atom. The topological polar surface area (TPSA) is 66.4 Å². The summed E-state index contributed by atoms with van der Waals surface area (Å²) in [5.41, 5.74) is 0.240. The van der Waals surface area contributed by atoms with Crippen LogP contribution in [0.2, 0.25) is 0 Å². The van der Waals surface area contributed by atoms with Gasteiger partial charge in [-0.1, -0.05) is 18.2 Å². The molecule has 0 spiro atoms. The van der Waals surface area contributed by atoms with Crippen LogP contribution in [0.1, 0.15) is 36.7 Å². The number of morpholine rings is 1. The second kappa shape index (κ2) is 9.23. The van der Waals surface area contributed by atoms with Crippen LogP contribution in [0.4, 0.5) is 24.8 Å². The second-order valence-corrected chi connectivity index (χ2v) is 9.40. The molecule has 0 unspecified atom stereocenters. The maximum atomic E-state index is 15.0. The first-order chi connectivity index (χ1) is 16.7. The van der Waals surface area contributed by atoms with E-state index in [0.29, 0.717) is 25.4 Å². The Hall–Kier alpha value is -2.98. The third-order valence-corrected chi connectivity index (χ3v) is 6.92. The number of hydrogen-bond donors (Lipinski definition) is 1. The molecule has 2 fully saturated rings. The van der Waals surface area contributed by atoms with Crippen molar-refractivity contribution in [2.75, 3.05) is 49.6 Å². The molecule has 2 aliphatic heterocycles. The zero-order valence-electron chi connectivity index (χ0n) is 20.1. The molecule has 5 rings (SSSR count). The molecule has 186 valence electrons. The van der Waals surface area contributed by atoms with Crippen molar-refractivity contribution in [3.8, 4) is 0 Å². The van der Waals surface area contributed by atoms with Gasteiger partial charge in [0.25, 0.3) is 5.92 Å². The van der Waals surface area contributed by atoms with Crippen molar-refractivity contribution in [2.24, 2.45) is 0 Å². The Labute approximate surface area is 202 Å². The summed E-state index contributed by atoms with van der Waals surface area (Å²) in [6.07, 6.45) is 1.78. The average Bonchev–Trinajstić information content (AvgIpc) is 2.84. The smallest absolute Gasteiger partial charge is 0.273 e. The summed E-state index contributed by atoms with van der Waals surface area (Å²) in [4.78, 5) is 9.38. The monoisotopic (exact) mass is 486 g/mol. The van der Waals surface area contributed by atoms with E-state index >= 15 is 0 Å². The van der Waals surface area contributed by atoms with Gasteiger partial charge in [-0.3, -0.25) is 4.90 Å². The third-order valence-electron chi connectivity index (χ3n) is 6.92. The van der Waals surface area contributed by atoms with Gasteiger partial charge in [0.1, 0.15) is 11.6 Å². The normalized spacial score (nSPS) is 20.1. The van der Waals surface area contributed by atoms with Gasteiger partial charge in [-0.2, -0.15) is 5.10 Å². The minimum atomic E-state index is -3.27. The predicted molar refractivity (Wildman–Crippen MR) is 128 cm³/mol. The largest absolute Gasteiger partial charge is 0.378 e. The molecule has 1 N–H and O–H groups in total.